The highest BCUT2D eigenvalue weighted by Crippen LogP contribution is 2.23. The average Bonchev–Trinajstić information content (AvgIpc) is 2.63. The molecule has 2 rings (SSSR count). The second-order valence-electron chi connectivity index (χ2n) is 7.35. The third-order valence-electron chi connectivity index (χ3n) is 4.88. The number of carbonyl (C=O) groups is 2. The molecule has 0 aromatic heterocycles. The molecule has 1 aromatic rings. The van der Waals surface area contributed by atoms with Crippen molar-refractivity contribution in [3.63, 3.8) is 0 Å². The van der Waals surface area contributed by atoms with Crippen LogP contribution >= 0.6 is 0 Å². The Hall–Kier alpha value is -2.33. The van der Waals surface area contributed by atoms with Crippen molar-refractivity contribution in [2.45, 2.75) is 32.7 Å². The molecule has 1 saturated heterocycles. The second-order valence-corrected chi connectivity index (χ2v) is 7.35. The van der Waals surface area contributed by atoms with E-state index in [2.05, 4.69) is 15.4 Å². The van der Waals surface area contributed by atoms with Crippen molar-refractivity contribution < 1.29 is 37.3 Å². The molecule has 1 aliphatic rings. The highest BCUT2D eigenvalue weighted by Gasteiger charge is 2.31. The van der Waals surface area contributed by atoms with Crippen LogP contribution in [0.15, 0.2) is 24.3 Å². The van der Waals surface area contributed by atoms with Gasteiger partial charge in [-0.3, -0.25) is 9.59 Å². The monoisotopic (exact) mass is 418 g/mol. The molecule has 1 atom stereocenters. The third-order valence-corrected chi connectivity index (χ3v) is 4.88. The molecule has 0 saturated carbocycles. The molecule has 0 radical (unpaired) electrons. The van der Waals surface area contributed by atoms with Gasteiger partial charge in [0.15, 0.2) is 13.1 Å². The molecule has 29 heavy (non-hydrogen) atoms. The molecule has 1 heterocycles. The Morgan fingerprint density at radius 2 is 1.55 bits per heavy atom. The molecule has 1 aliphatic heterocycles. The molecule has 0 bridgehead atoms. The lowest BCUT2D eigenvalue weighted by Gasteiger charge is -2.29. The predicted octanol–water partition coefficient (Wildman–Crippen LogP) is -0.778. The number of ether oxygens (including phenoxy) is 1. The number of rotatable bonds is 8. The van der Waals surface area contributed by atoms with Gasteiger partial charge < -0.3 is 25.2 Å². The predicted molar refractivity (Wildman–Crippen MR) is 101 cm³/mol. The number of benzene rings is 1. The van der Waals surface area contributed by atoms with Crippen molar-refractivity contribution in [3.8, 4) is 5.75 Å². The maximum absolute atomic E-state index is 12.2. The fourth-order valence-electron chi connectivity index (χ4n) is 3.14. The Bertz CT molecular complexity index is 674. The molecule has 162 valence electrons. The molecular formula is C19H29F3N4O3+2. The summed E-state index contributed by atoms with van der Waals surface area (Å²) >= 11 is 0. The first-order valence-electron chi connectivity index (χ1n) is 9.76. The number of halogens is 3. The summed E-state index contributed by atoms with van der Waals surface area (Å²) < 4.78 is 40.3. The van der Waals surface area contributed by atoms with Crippen LogP contribution in [-0.4, -0.2) is 63.5 Å². The molecule has 0 spiro atoms. The maximum Gasteiger partial charge on any atom is 0.573 e. The number of alkyl halides is 3. The first-order valence-corrected chi connectivity index (χ1v) is 9.76. The number of anilines is 1. The van der Waals surface area contributed by atoms with E-state index in [1.807, 2.05) is 13.8 Å². The Balaban J connectivity index is 1.71. The number of nitrogens with one attached hydrogen (secondary N) is 4. The van der Waals surface area contributed by atoms with E-state index in [-0.39, 0.29) is 30.2 Å². The van der Waals surface area contributed by atoms with Crippen molar-refractivity contribution in [1.82, 2.24) is 5.32 Å². The van der Waals surface area contributed by atoms with Crippen molar-refractivity contribution in [2.75, 3.05) is 44.6 Å². The van der Waals surface area contributed by atoms with Crippen molar-refractivity contribution in [2.24, 2.45) is 0 Å². The Kier molecular flexibility index (Phi) is 8.27. The van der Waals surface area contributed by atoms with Gasteiger partial charge in [0.2, 0.25) is 0 Å². The number of carbonyl (C=O) groups excluding carboxylic acids is 2. The second kappa shape index (κ2) is 10.4. The van der Waals surface area contributed by atoms with Crippen molar-refractivity contribution in [3.05, 3.63) is 24.3 Å². The van der Waals surface area contributed by atoms with Crippen LogP contribution in [0, 0.1) is 0 Å². The van der Waals surface area contributed by atoms with Gasteiger partial charge in [-0.25, -0.2) is 0 Å². The van der Waals surface area contributed by atoms with E-state index < -0.39 is 6.36 Å². The van der Waals surface area contributed by atoms with E-state index in [4.69, 9.17) is 0 Å². The van der Waals surface area contributed by atoms with Gasteiger partial charge in [0.05, 0.1) is 0 Å². The lowest BCUT2D eigenvalue weighted by atomic mass is 10.2. The minimum absolute atomic E-state index is 0.0495. The summed E-state index contributed by atoms with van der Waals surface area (Å²) in [5.74, 6) is -0.492. The first kappa shape index (κ1) is 23.0. The summed E-state index contributed by atoms with van der Waals surface area (Å²) in [6.07, 6.45) is -3.85. The fourth-order valence-corrected chi connectivity index (χ4v) is 3.14. The van der Waals surface area contributed by atoms with Gasteiger partial charge in [-0.15, -0.1) is 13.2 Å². The van der Waals surface area contributed by atoms with Gasteiger partial charge in [0, 0.05) is 11.7 Å². The summed E-state index contributed by atoms with van der Waals surface area (Å²) in [6, 6.07) is 5.22. The highest BCUT2D eigenvalue weighted by molar-refractivity contribution is 5.91. The average molecular weight is 418 g/mol. The smallest absolute Gasteiger partial charge is 0.406 e. The van der Waals surface area contributed by atoms with E-state index in [9.17, 15) is 22.8 Å². The fraction of sp³-hybridized carbons (Fsp3) is 0.579. The number of quaternary nitrogens is 2. The lowest BCUT2D eigenvalue weighted by molar-refractivity contribution is -1.00. The van der Waals surface area contributed by atoms with Gasteiger partial charge in [-0.05, 0) is 37.6 Å². The van der Waals surface area contributed by atoms with Crippen molar-refractivity contribution in [1.29, 1.82) is 0 Å². The van der Waals surface area contributed by atoms with Gasteiger partial charge >= 0.3 is 6.36 Å². The first-order chi connectivity index (χ1) is 13.6. The van der Waals surface area contributed by atoms with Gasteiger partial charge in [0.1, 0.15) is 31.9 Å². The summed E-state index contributed by atoms with van der Waals surface area (Å²) in [4.78, 5) is 26.5. The number of amides is 2. The van der Waals surface area contributed by atoms with E-state index in [0.29, 0.717) is 12.2 Å². The van der Waals surface area contributed by atoms with Crippen molar-refractivity contribution >= 4 is 17.5 Å². The molecule has 0 aliphatic carbocycles. The Morgan fingerprint density at radius 1 is 1.03 bits per heavy atom. The van der Waals surface area contributed by atoms with Crippen LogP contribution in [0.4, 0.5) is 18.9 Å². The minimum Gasteiger partial charge on any atom is -0.406 e. The molecule has 0 unspecified atom stereocenters. The van der Waals surface area contributed by atoms with E-state index in [0.717, 1.165) is 49.6 Å². The Morgan fingerprint density at radius 3 is 2.03 bits per heavy atom. The summed E-state index contributed by atoms with van der Waals surface area (Å²) in [6.45, 7) is 7.87. The zero-order valence-corrected chi connectivity index (χ0v) is 16.7. The topological polar surface area (TPSA) is 76.3 Å². The zero-order chi connectivity index (χ0) is 21.4. The van der Waals surface area contributed by atoms with E-state index >= 15 is 0 Å². The molecule has 7 nitrogen and oxygen atoms in total. The van der Waals surface area contributed by atoms with Gasteiger partial charge in [-0.1, -0.05) is 6.92 Å². The zero-order valence-electron chi connectivity index (χ0n) is 16.7. The van der Waals surface area contributed by atoms with Gasteiger partial charge in [0.25, 0.3) is 11.8 Å². The van der Waals surface area contributed by atoms with Crippen LogP contribution < -0.4 is 25.2 Å². The van der Waals surface area contributed by atoms with Crippen LogP contribution in [0.3, 0.4) is 0 Å². The normalized spacial score (nSPS) is 20.6. The lowest BCUT2D eigenvalue weighted by Crippen LogP contribution is -3.28. The molecule has 1 fully saturated rings. The molecule has 4 N–H and O–H groups in total. The SMILES string of the molecule is CC[C@@H](C)NC(=O)C[NH+]1CC[NH+](CC(=O)Nc2ccc(OC(F)(F)F)cc2)CC1. The Labute approximate surface area is 168 Å². The standard InChI is InChI=1S/C19H27F3N4O3/c1-3-14(2)23-17(27)12-25-8-10-26(11-9-25)13-18(28)24-15-4-6-16(7-5-15)29-19(20,21)22/h4-7,14H,3,8-13H2,1-2H3,(H,23,27)(H,24,28)/p+2/t14-/m1/s1. The largest absolute Gasteiger partial charge is 0.573 e. The van der Waals surface area contributed by atoms with Crippen LogP contribution in [0.5, 0.6) is 5.75 Å². The molecule has 1 aromatic carbocycles. The van der Waals surface area contributed by atoms with Gasteiger partial charge in [-0.2, -0.15) is 0 Å². The number of piperazine rings is 1. The third kappa shape index (κ3) is 8.70. The molecule has 10 heteroatoms. The maximum atomic E-state index is 12.2. The summed E-state index contributed by atoms with van der Waals surface area (Å²) in [5.41, 5.74) is 0.412. The van der Waals surface area contributed by atoms with E-state index in [1.54, 1.807) is 0 Å². The molecule has 2 amide bonds. The summed E-state index contributed by atoms with van der Waals surface area (Å²) in [7, 11) is 0. The quantitative estimate of drug-likeness (QED) is 0.448. The van der Waals surface area contributed by atoms with E-state index in [1.165, 1.54) is 17.0 Å². The van der Waals surface area contributed by atoms with Crippen LogP contribution in [0.1, 0.15) is 20.3 Å². The van der Waals surface area contributed by atoms with Crippen LogP contribution in [0.25, 0.3) is 0 Å². The van der Waals surface area contributed by atoms with Crippen LogP contribution in [-0.2, 0) is 9.59 Å². The molecular weight excluding hydrogens is 389 g/mol. The minimum atomic E-state index is -4.74. The summed E-state index contributed by atoms with van der Waals surface area (Å²) in [5, 5.41) is 5.65. The number of hydrogen-bond donors (Lipinski definition) is 4. The number of hydrogen-bond acceptors (Lipinski definition) is 3. The van der Waals surface area contributed by atoms with Crippen LogP contribution in [0.2, 0.25) is 0 Å². The highest BCUT2D eigenvalue weighted by atomic mass is 19.4.